The monoisotopic (exact) mass is 217 g/mol. The number of nitrogens with zero attached hydrogens (tertiary/aromatic N) is 2. The van der Waals surface area contributed by atoms with Crippen molar-refractivity contribution in [1.29, 1.82) is 0 Å². The largest absolute Gasteiger partial charge is 0.396 e. The van der Waals surface area contributed by atoms with Crippen molar-refractivity contribution in [2.45, 2.75) is 25.1 Å². The highest BCUT2D eigenvalue weighted by Crippen LogP contribution is 2.15. The number of aliphatic hydroxyl groups is 1. The normalized spacial score (nSPS) is 12.0. The number of hydrogen-bond donors (Lipinski definition) is 2. The Morgan fingerprint density at radius 2 is 2.29 bits per heavy atom. The summed E-state index contributed by atoms with van der Waals surface area (Å²) in [6.07, 6.45) is 0. The van der Waals surface area contributed by atoms with E-state index in [1.807, 2.05) is 13.8 Å². The minimum Gasteiger partial charge on any atom is -0.396 e. The highest BCUT2D eigenvalue weighted by molar-refractivity contribution is 7.98. The quantitative estimate of drug-likeness (QED) is 0.698. The van der Waals surface area contributed by atoms with Gasteiger partial charge in [0.15, 0.2) is 5.82 Å². The van der Waals surface area contributed by atoms with E-state index in [-0.39, 0.29) is 6.61 Å². The number of nitrogens with two attached hydrogens (primary N) is 1. The van der Waals surface area contributed by atoms with E-state index < -0.39 is 5.54 Å². The number of thioether (sulfide) groups is 1. The molecule has 1 heterocycles. The second kappa shape index (κ2) is 4.77. The zero-order chi connectivity index (χ0) is 10.6. The van der Waals surface area contributed by atoms with Crippen LogP contribution in [0.3, 0.4) is 0 Å². The summed E-state index contributed by atoms with van der Waals surface area (Å²) in [6.45, 7) is 3.80. The van der Waals surface area contributed by atoms with Crippen molar-refractivity contribution in [3.63, 3.8) is 0 Å². The minimum atomic E-state index is -0.566. The predicted molar refractivity (Wildman–Crippen MR) is 54.8 cm³/mol. The van der Waals surface area contributed by atoms with Crippen molar-refractivity contribution in [2.75, 3.05) is 12.4 Å². The smallest absolute Gasteiger partial charge is 0.236 e. The van der Waals surface area contributed by atoms with E-state index in [0.717, 1.165) is 0 Å². The summed E-state index contributed by atoms with van der Waals surface area (Å²) < 4.78 is 4.99. The molecule has 0 saturated heterocycles. The van der Waals surface area contributed by atoms with Gasteiger partial charge in [-0.2, -0.15) is 4.98 Å². The van der Waals surface area contributed by atoms with E-state index in [4.69, 9.17) is 15.4 Å². The van der Waals surface area contributed by atoms with Gasteiger partial charge < -0.3 is 15.4 Å². The molecule has 6 heteroatoms. The van der Waals surface area contributed by atoms with Crippen LogP contribution >= 0.6 is 11.8 Å². The molecule has 0 aliphatic rings. The van der Waals surface area contributed by atoms with Crippen LogP contribution in [0.1, 0.15) is 25.6 Å². The Kier molecular flexibility index (Phi) is 3.91. The first-order chi connectivity index (χ1) is 6.54. The van der Waals surface area contributed by atoms with E-state index >= 15 is 0 Å². The third-order valence-corrected chi connectivity index (χ3v) is 2.43. The molecule has 0 amide bonds. The minimum absolute atomic E-state index is 0.161. The van der Waals surface area contributed by atoms with E-state index in [1.54, 1.807) is 11.8 Å². The standard InChI is InChI=1S/C8H15N3O2S/c1-8(2,9)7-10-6(13-11-7)5-14-4-3-12/h12H,3-5,9H2,1-2H3. The van der Waals surface area contributed by atoms with Gasteiger partial charge in [-0.15, -0.1) is 11.8 Å². The van der Waals surface area contributed by atoms with Gasteiger partial charge in [-0.3, -0.25) is 0 Å². The van der Waals surface area contributed by atoms with Crippen molar-refractivity contribution >= 4 is 11.8 Å². The van der Waals surface area contributed by atoms with E-state index in [1.165, 1.54) is 0 Å². The Morgan fingerprint density at radius 1 is 1.57 bits per heavy atom. The fourth-order valence-corrected chi connectivity index (χ4v) is 1.36. The lowest BCUT2D eigenvalue weighted by Gasteiger charge is -2.11. The zero-order valence-corrected chi connectivity index (χ0v) is 9.17. The van der Waals surface area contributed by atoms with Crippen LogP contribution in [0, 0.1) is 0 Å². The average Bonchev–Trinajstić information content (AvgIpc) is 2.52. The van der Waals surface area contributed by atoms with Gasteiger partial charge in [0.05, 0.1) is 17.9 Å². The molecule has 0 bridgehead atoms. The summed E-state index contributed by atoms with van der Waals surface area (Å²) in [6, 6.07) is 0. The third-order valence-electron chi connectivity index (χ3n) is 1.51. The van der Waals surface area contributed by atoms with Crippen molar-refractivity contribution in [2.24, 2.45) is 5.73 Å². The molecule has 0 fully saturated rings. The Hall–Kier alpha value is -0.590. The molecule has 0 spiro atoms. The molecule has 1 rings (SSSR count). The first-order valence-electron chi connectivity index (χ1n) is 4.34. The average molecular weight is 217 g/mol. The Morgan fingerprint density at radius 3 is 2.79 bits per heavy atom. The van der Waals surface area contributed by atoms with Gasteiger partial charge in [-0.25, -0.2) is 0 Å². The van der Waals surface area contributed by atoms with Gasteiger partial charge >= 0.3 is 0 Å². The van der Waals surface area contributed by atoms with Crippen LogP contribution in [0.4, 0.5) is 0 Å². The van der Waals surface area contributed by atoms with E-state index in [0.29, 0.717) is 23.2 Å². The van der Waals surface area contributed by atoms with Gasteiger partial charge in [-0.05, 0) is 13.8 Å². The van der Waals surface area contributed by atoms with Gasteiger partial charge in [-0.1, -0.05) is 5.16 Å². The van der Waals surface area contributed by atoms with E-state index in [2.05, 4.69) is 10.1 Å². The highest BCUT2D eigenvalue weighted by Gasteiger charge is 2.21. The maximum absolute atomic E-state index is 8.57. The van der Waals surface area contributed by atoms with Crippen LogP contribution in [0.15, 0.2) is 4.52 Å². The maximum atomic E-state index is 8.57. The molecular weight excluding hydrogens is 202 g/mol. The van der Waals surface area contributed by atoms with Crippen LogP contribution in [0.5, 0.6) is 0 Å². The number of aliphatic hydroxyl groups excluding tert-OH is 1. The second-order valence-corrected chi connectivity index (χ2v) is 4.61. The van der Waals surface area contributed by atoms with Crippen LogP contribution in [0.2, 0.25) is 0 Å². The number of aromatic nitrogens is 2. The molecule has 1 aromatic rings. The summed E-state index contributed by atoms with van der Waals surface area (Å²) in [4.78, 5) is 4.15. The van der Waals surface area contributed by atoms with Crippen LogP contribution in [-0.4, -0.2) is 27.6 Å². The van der Waals surface area contributed by atoms with Crippen LogP contribution < -0.4 is 5.73 Å². The van der Waals surface area contributed by atoms with E-state index in [9.17, 15) is 0 Å². The van der Waals surface area contributed by atoms with Crippen molar-refractivity contribution in [1.82, 2.24) is 10.1 Å². The highest BCUT2D eigenvalue weighted by atomic mass is 32.2. The molecule has 0 unspecified atom stereocenters. The lowest BCUT2D eigenvalue weighted by Crippen LogP contribution is -2.30. The summed E-state index contributed by atoms with van der Waals surface area (Å²) in [5.41, 5.74) is 5.23. The van der Waals surface area contributed by atoms with Gasteiger partial charge in [0.1, 0.15) is 0 Å². The lowest BCUT2D eigenvalue weighted by molar-refractivity contribution is 0.322. The maximum Gasteiger partial charge on any atom is 0.236 e. The summed E-state index contributed by atoms with van der Waals surface area (Å²) in [5, 5.41) is 12.4. The van der Waals surface area contributed by atoms with Gasteiger partial charge in [0.25, 0.3) is 0 Å². The van der Waals surface area contributed by atoms with Crippen molar-refractivity contribution in [3.8, 4) is 0 Å². The lowest BCUT2D eigenvalue weighted by atomic mass is 10.1. The molecule has 0 atom stereocenters. The van der Waals surface area contributed by atoms with Gasteiger partial charge in [0.2, 0.25) is 5.89 Å². The fraction of sp³-hybridized carbons (Fsp3) is 0.750. The summed E-state index contributed by atoms with van der Waals surface area (Å²) >= 11 is 1.54. The van der Waals surface area contributed by atoms with Gasteiger partial charge in [0, 0.05) is 5.75 Å². The summed E-state index contributed by atoms with van der Waals surface area (Å²) in [7, 11) is 0. The molecule has 0 radical (unpaired) electrons. The molecule has 0 aliphatic heterocycles. The Bertz CT molecular complexity index is 282. The number of rotatable bonds is 5. The Labute approximate surface area is 87.1 Å². The predicted octanol–water partition coefficient (Wildman–Crippen LogP) is 0.489. The van der Waals surface area contributed by atoms with Crippen LogP contribution in [-0.2, 0) is 11.3 Å². The first kappa shape index (κ1) is 11.5. The number of hydrogen-bond acceptors (Lipinski definition) is 6. The van der Waals surface area contributed by atoms with Crippen molar-refractivity contribution < 1.29 is 9.63 Å². The molecular formula is C8H15N3O2S. The molecule has 1 aromatic heterocycles. The van der Waals surface area contributed by atoms with Crippen molar-refractivity contribution in [3.05, 3.63) is 11.7 Å². The van der Waals surface area contributed by atoms with Crippen LogP contribution in [0.25, 0.3) is 0 Å². The molecule has 0 aliphatic carbocycles. The third kappa shape index (κ3) is 3.28. The first-order valence-corrected chi connectivity index (χ1v) is 5.50. The topological polar surface area (TPSA) is 85.2 Å². The molecule has 80 valence electrons. The molecule has 0 aromatic carbocycles. The Balaban J connectivity index is 2.51. The SMILES string of the molecule is CC(C)(N)c1noc(CSCCO)n1. The molecule has 0 saturated carbocycles. The second-order valence-electron chi connectivity index (χ2n) is 3.51. The summed E-state index contributed by atoms with van der Waals surface area (Å²) in [5.74, 6) is 2.35. The zero-order valence-electron chi connectivity index (χ0n) is 8.36. The molecule has 3 N–H and O–H groups in total. The molecule has 14 heavy (non-hydrogen) atoms. The molecule has 5 nitrogen and oxygen atoms in total. The fourth-order valence-electron chi connectivity index (χ4n) is 0.799.